The van der Waals surface area contributed by atoms with Crippen molar-refractivity contribution in [3.8, 4) is 0 Å². The maximum atomic E-state index is 11.2. The molecular weight excluding hydrogens is 182 g/mol. The lowest BCUT2D eigenvalue weighted by atomic mass is 10.1. The number of carbonyl (C=O) groups is 1. The van der Waals surface area contributed by atoms with Crippen molar-refractivity contribution in [2.75, 3.05) is 6.61 Å². The first-order valence-electron chi connectivity index (χ1n) is 3.72. The van der Waals surface area contributed by atoms with Gasteiger partial charge in [0.2, 0.25) is 0 Å². The van der Waals surface area contributed by atoms with Crippen molar-refractivity contribution in [1.82, 2.24) is 0 Å². The number of oxime groups is 1. The normalized spacial score (nSPS) is 27.8. The Morgan fingerprint density at radius 3 is 2.92 bits per heavy atom. The molecule has 0 aliphatic carbocycles. The minimum atomic E-state index is -0.549. The van der Waals surface area contributed by atoms with Crippen LogP contribution in [0.1, 0.15) is 13.8 Å². The predicted octanol–water partition coefficient (Wildman–Crippen LogP) is 1.14. The number of hydrogen-bond acceptors (Lipinski definition) is 4. The molecule has 2 atom stereocenters. The van der Waals surface area contributed by atoms with Crippen LogP contribution in [0.2, 0.25) is 0 Å². The Balaban J connectivity index is 2.61. The molecule has 0 saturated heterocycles. The highest BCUT2D eigenvalue weighted by Crippen LogP contribution is 2.21. The summed E-state index contributed by atoms with van der Waals surface area (Å²) in [7, 11) is 0. The van der Waals surface area contributed by atoms with Gasteiger partial charge in [0, 0.05) is 0 Å². The zero-order chi connectivity index (χ0) is 9.14. The summed E-state index contributed by atoms with van der Waals surface area (Å²) in [6.07, 6.45) is -0.323. The van der Waals surface area contributed by atoms with Gasteiger partial charge in [0.05, 0.1) is 6.61 Å². The zero-order valence-electron chi connectivity index (χ0n) is 6.91. The molecule has 0 aromatic heterocycles. The number of carbonyl (C=O) groups excluding carboxylic acids is 1. The Morgan fingerprint density at radius 1 is 1.83 bits per heavy atom. The van der Waals surface area contributed by atoms with E-state index in [0.29, 0.717) is 6.61 Å². The second kappa shape index (κ2) is 3.76. The fourth-order valence-electron chi connectivity index (χ4n) is 0.966. The molecule has 0 aromatic rings. The molecule has 1 aliphatic heterocycles. The maximum Gasteiger partial charge on any atom is 0.320 e. The van der Waals surface area contributed by atoms with Gasteiger partial charge in [-0.3, -0.25) is 4.79 Å². The van der Waals surface area contributed by atoms with Crippen molar-refractivity contribution in [3.63, 3.8) is 0 Å². The summed E-state index contributed by atoms with van der Waals surface area (Å²) in [4.78, 5) is 16.0. The van der Waals surface area contributed by atoms with E-state index in [1.165, 1.54) is 0 Å². The van der Waals surface area contributed by atoms with Crippen molar-refractivity contribution in [1.29, 1.82) is 0 Å². The SMILES string of the molecule is CCOC(=O)[C@H]1C(Cl)=NO[C@H]1C. The van der Waals surface area contributed by atoms with E-state index in [1.54, 1.807) is 13.8 Å². The Bertz CT molecular complexity index is 217. The van der Waals surface area contributed by atoms with E-state index in [-0.39, 0.29) is 17.2 Å². The first-order valence-corrected chi connectivity index (χ1v) is 4.10. The minimum Gasteiger partial charge on any atom is -0.465 e. The van der Waals surface area contributed by atoms with Crippen LogP contribution in [0.25, 0.3) is 0 Å². The molecule has 0 bridgehead atoms. The Morgan fingerprint density at radius 2 is 2.50 bits per heavy atom. The molecule has 0 amide bonds. The number of hydrogen-bond donors (Lipinski definition) is 0. The summed E-state index contributed by atoms with van der Waals surface area (Å²) in [5.41, 5.74) is 0. The van der Waals surface area contributed by atoms with Gasteiger partial charge in [0.25, 0.3) is 0 Å². The van der Waals surface area contributed by atoms with Gasteiger partial charge in [-0.1, -0.05) is 16.8 Å². The van der Waals surface area contributed by atoms with Crippen LogP contribution in [0.5, 0.6) is 0 Å². The van der Waals surface area contributed by atoms with E-state index in [2.05, 4.69) is 5.16 Å². The molecule has 4 nitrogen and oxygen atoms in total. The number of nitrogens with zero attached hydrogens (tertiary/aromatic N) is 1. The summed E-state index contributed by atoms with van der Waals surface area (Å²) < 4.78 is 4.78. The largest absolute Gasteiger partial charge is 0.465 e. The molecule has 0 N–H and O–H groups in total. The second-order valence-corrected chi connectivity index (χ2v) is 2.84. The third kappa shape index (κ3) is 1.69. The van der Waals surface area contributed by atoms with E-state index >= 15 is 0 Å². The van der Waals surface area contributed by atoms with Gasteiger partial charge in [-0.25, -0.2) is 0 Å². The van der Waals surface area contributed by atoms with Gasteiger partial charge in [-0.05, 0) is 13.8 Å². The highest BCUT2D eigenvalue weighted by molar-refractivity contribution is 6.67. The average molecular weight is 192 g/mol. The fourth-order valence-corrected chi connectivity index (χ4v) is 1.27. The van der Waals surface area contributed by atoms with Crippen LogP contribution >= 0.6 is 11.6 Å². The smallest absolute Gasteiger partial charge is 0.320 e. The van der Waals surface area contributed by atoms with E-state index < -0.39 is 5.92 Å². The second-order valence-electron chi connectivity index (χ2n) is 2.45. The monoisotopic (exact) mass is 191 g/mol. The summed E-state index contributed by atoms with van der Waals surface area (Å²) in [5, 5.41) is 3.65. The van der Waals surface area contributed by atoms with E-state index in [0.717, 1.165) is 0 Å². The number of esters is 1. The first kappa shape index (κ1) is 9.32. The van der Waals surface area contributed by atoms with Crippen LogP contribution in [-0.2, 0) is 14.4 Å². The molecule has 0 saturated carbocycles. The Hall–Kier alpha value is -0.770. The lowest BCUT2D eigenvalue weighted by molar-refractivity contribution is -0.148. The molecule has 0 aromatic carbocycles. The average Bonchev–Trinajstić information content (AvgIpc) is 2.32. The van der Waals surface area contributed by atoms with Gasteiger partial charge < -0.3 is 9.57 Å². The van der Waals surface area contributed by atoms with E-state index in [4.69, 9.17) is 21.2 Å². The molecule has 0 unspecified atom stereocenters. The predicted molar refractivity (Wildman–Crippen MR) is 44.0 cm³/mol. The van der Waals surface area contributed by atoms with E-state index in [1.807, 2.05) is 0 Å². The number of halogens is 1. The Kier molecular flexibility index (Phi) is 2.92. The quantitative estimate of drug-likeness (QED) is 0.615. The van der Waals surface area contributed by atoms with Crippen LogP contribution in [0.15, 0.2) is 5.16 Å². The van der Waals surface area contributed by atoms with Crippen molar-refractivity contribution < 1.29 is 14.4 Å². The molecule has 1 heterocycles. The van der Waals surface area contributed by atoms with Crippen molar-refractivity contribution in [2.24, 2.45) is 11.1 Å². The van der Waals surface area contributed by atoms with E-state index in [9.17, 15) is 4.79 Å². The Labute approximate surface area is 75.5 Å². The lowest BCUT2D eigenvalue weighted by Crippen LogP contribution is -2.28. The maximum absolute atomic E-state index is 11.2. The van der Waals surface area contributed by atoms with Crippen LogP contribution in [0.3, 0.4) is 0 Å². The van der Waals surface area contributed by atoms with Crippen LogP contribution < -0.4 is 0 Å². The first-order chi connectivity index (χ1) is 5.66. The van der Waals surface area contributed by atoms with Crippen LogP contribution in [-0.4, -0.2) is 23.9 Å². The van der Waals surface area contributed by atoms with Crippen molar-refractivity contribution in [2.45, 2.75) is 20.0 Å². The van der Waals surface area contributed by atoms with Crippen molar-refractivity contribution >= 4 is 22.7 Å². The van der Waals surface area contributed by atoms with Gasteiger partial charge in [-0.15, -0.1) is 0 Å². The fraction of sp³-hybridized carbons (Fsp3) is 0.714. The van der Waals surface area contributed by atoms with Crippen LogP contribution in [0.4, 0.5) is 0 Å². The molecule has 0 radical (unpaired) electrons. The summed E-state index contributed by atoms with van der Waals surface area (Å²) in [6, 6.07) is 0. The third-order valence-electron chi connectivity index (χ3n) is 1.57. The van der Waals surface area contributed by atoms with Gasteiger partial charge >= 0.3 is 5.97 Å². The molecule has 0 spiro atoms. The van der Waals surface area contributed by atoms with Gasteiger partial charge in [0.15, 0.2) is 11.1 Å². The molecule has 1 aliphatic rings. The number of ether oxygens (including phenoxy) is 1. The topological polar surface area (TPSA) is 47.9 Å². The summed E-state index contributed by atoms with van der Waals surface area (Å²) in [5.74, 6) is -0.928. The lowest BCUT2D eigenvalue weighted by Gasteiger charge is -2.10. The molecule has 0 fully saturated rings. The molecule has 12 heavy (non-hydrogen) atoms. The highest BCUT2D eigenvalue weighted by Gasteiger charge is 2.37. The standard InChI is InChI=1S/C7H10ClNO3/c1-3-11-7(10)5-4(2)12-9-6(5)8/h4-5H,3H2,1-2H3/t4-,5+/m0/s1. The number of rotatable bonds is 2. The molecule has 5 heteroatoms. The molecule has 68 valence electrons. The highest BCUT2D eigenvalue weighted by atomic mass is 35.5. The van der Waals surface area contributed by atoms with Crippen molar-refractivity contribution in [3.05, 3.63) is 0 Å². The molecule has 1 rings (SSSR count). The molecular formula is C7H10ClNO3. The zero-order valence-corrected chi connectivity index (χ0v) is 7.67. The van der Waals surface area contributed by atoms with Gasteiger partial charge in [-0.2, -0.15) is 0 Å². The minimum absolute atomic E-state index is 0.168. The summed E-state index contributed by atoms with van der Waals surface area (Å²) in [6.45, 7) is 3.80. The third-order valence-corrected chi connectivity index (χ3v) is 1.88. The summed E-state index contributed by atoms with van der Waals surface area (Å²) >= 11 is 5.63. The van der Waals surface area contributed by atoms with Crippen LogP contribution in [0, 0.1) is 5.92 Å². The van der Waals surface area contributed by atoms with Gasteiger partial charge in [0.1, 0.15) is 6.10 Å².